The summed E-state index contributed by atoms with van der Waals surface area (Å²) in [7, 11) is 1.56. The smallest absolute Gasteiger partial charge is 0.282 e. The fourth-order valence-corrected chi connectivity index (χ4v) is 2.68. The van der Waals surface area contributed by atoms with Gasteiger partial charge in [-0.05, 0) is 36.4 Å². The van der Waals surface area contributed by atoms with Gasteiger partial charge in [-0.15, -0.1) is 0 Å². The Balaban J connectivity index is 1.76. The van der Waals surface area contributed by atoms with Crippen molar-refractivity contribution >= 4 is 11.6 Å². The maximum absolute atomic E-state index is 12.3. The molecule has 27 heavy (non-hydrogen) atoms. The van der Waals surface area contributed by atoms with Crippen LogP contribution in [0.25, 0.3) is 28.7 Å². The maximum atomic E-state index is 12.3. The third kappa shape index (κ3) is 3.32. The minimum absolute atomic E-state index is 0.0317. The van der Waals surface area contributed by atoms with Gasteiger partial charge < -0.3 is 9.26 Å². The summed E-state index contributed by atoms with van der Waals surface area (Å²) in [5.74, 6) is 0.944. The van der Waals surface area contributed by atoms with Gasteiger partial charge in [0.2, 0.25) is 11.3 Å². The molecule has 4 rings (SSSR count). The minimum Gasteiger partial charge on any atom is -0.496 e. The summed E-state index contributed by atoms with van der Waals surface area (Å²) < 4.78 is 12.1. The number of benzene rings is 2. The summed E-state index contributed by atoms with van der Waals surface area (Å²) in [6, 6.07) is 15.7. The highest BCUT2D eigenvalue weighted by Crippen LogP contribution is 2.28. The van der Waals surface area contributed by atoms with E-state index < -0.39 is 0 Å². The third-order valence-electron chi connectivity index (χ3n) is 3.88. The number of hydrogen-bond donors (Lipinski definition) is 0. The molecule has 0 radical (unpaired) electrons. The average Bonchev–Trinajstić information content (AvgIpc) is 3.19. The van der Waals surface area contributed by atoms with Crippen molar-refractivity contribution in [3.63, 3.8) is 0 Å². The molecule has 134 valence electrons. The number of halogens is 1. The predicted octanol–water partition coefficient (Wildman–Crippen LogP) is 3.61. The van der Waals surface area contributed by atoms with Crippen molar-refractivity contribution in [3.8, 4) is 34.4 Å². The molecule has 0 fully saturated rings. The van der Waals surface area contributed by atoms with Gasteiger partial charge in [0, 0.05) is 17.3 Å². The lowest BCUT2D eigenvalue weighted by Crippen LogP contribution is -2.12. The summed E-state index contributed by atoms with van der Waals surface area (Å²) in [6.07, 6.45) is 1.56. The molecular weight excluding hydrogens is 368 g/mol. The molecule has 0 aliphatic rings. The molecule has 7 nitrogen and oxygen atoms in total. The van der Waals surface area contributed by atoms with Crippen molar-refractivity contribution in [2.24, 2.45) is 0 Å². The van der Waals surface area contributed by atoms with E-state index in [4.69, 9.17) is 20.9 Å². The molecule has 0 saturated heterocycles. The maximum Gasteiger partial charge on any atom is 0.282 e. The fraction of sp³-hybridized carbons (Fsp3) is 0.0526. The minimum atomic E-state index is -0.324. The number of nitrogens with zero attached hydrogens (tertiary/aromatic N) is 4. The third-order valence-corrected chi connectivity index (χ3v) is 4.13. The normalized spacial score (nSPS) is 10.7. The van der Waals surface area contributed by atoms with Gasteiger partial charge in [0.25, 0.3) is 5.89 Å². The van der Waals surface area contributed by atoms with Crippen molar-refractivity contribution in [2.75, 3.05) is 7.11 Å². The van der Waals surface area contributed by atoms with Gasteiger partial charge in [-0.25, -0.2) is 4.68 Å². The Labute approximate surface area is 158 Å². The molecule has 0 spiro atoms. The highest BCUT2D eigenvalue weighted by atomic mass is 35.5. The van der Waals surface area contributed by atoms with E-state index >= 15 is 0 Å². The molecule has 0 unspecified atom stereocenters. The Bertz CT molecular complexity index is 1150. The van der Waals surface area contributed by atoms with Crippen molar-refractivity contribution in [2.45, 2.75) is 0 Å². The van der Waals surface area contributed by atoms with Crippen LogP contribution in [0.3, 0.4) is 0 Å². The first kappa shape index (κ1) is 17.0. The monoisotopic (exact) mass is 380 g/mol. The molecule has 8 heteroatoms. The van der Waals surface area contributed by atoms with Crippen LogP contribution in [-0.2, 0) is 0 Å². The van der Waals surface area contributed by atoms with Gasteiger partial charge >= 0.3 is 0 Å². The fourth-order valence-electron chi connectivity index (χ4n) is 2.55. The molecular formula is C19H13ClN4O3. The van der Waals surface area contributed by atoms with Crippen molar-refractivity contribution in [1.29, 1.82) is 0 Å². The Kier molecular flexibility index (Phi) is 4.43. The number of rotatable bonds is 4. The van der Waals surface area contributed by atoms with E-state index in [1.54, 1.807) is 54.4 Å². The van der Waals surface area contributed by atoms with Crippen LogP contribution in [0, 0.1) is 0 Å². The Morgan fingerprint density at radius 1 is 1.07 bits per heavy atom. The molecule has 0 aliphatic heterocycles. The van der Waals surface area contributed by atoms with E-state index in [-0.39, 0.29) is 17.0 Å². The summed E-state index contributed by atoms with van der Waals surface area (Å²) in [6.45, 7) is 0. The zero-order valence-corrected chi connectivity index (χ0v) is 14.9. The van der Waals surface area contributed by atoms with Crippen LogP contribution >= 0.6 is 11.6 Å². The second kappa shape index (κ2) is 7.05. The second-order valence-electron chi connectivity index (χ2n) is 5.57. The van der Waals surface area contributed by atoms with Crippen LogP contribution in [0.15, 0.2) is 70.1 Å². The Morgan fingerprint density at radius 2 is 1.85 bits per heavy atom. The van der Waals surface area contributed by atoms with Gasteiger partial charge in [0.05, 0.1) is 18.4 Å². The van der Waals surface area contributed by atoms with Gasteiger partial charge in [0.1, 0.15) is 5.75 Å². The zero-order chi connectivity index (χ0) is 18.8. The lowest BCUT2D eigenvalue weighted by molar-refractivity contribution is 0.413. The first-order chi connectivity index (χ1) is 13.2. The van der Waals surface area contributed by atoms with Crippen molar-refractivity contribution < 1.29 is 9.26 Å². The summed E-state index contributed by atoms with van der Waals surface area (Å²) in [5.41, 5.74) is 1.13. The highest BCUT2D eigenvalue weighted by molar-refractivity contribution is 6.30. The van der Waals surface area contributed by atoms with Crippen LogP contribution in [0.1, 0.15) is 0 Å². The van der Waals surface area contributed by atoms with Crippen LogP contribution in [0.2, 0.25) is 5.02 Å². The van der Waals surface area contributed by atoms with E-state index in [2.05, 4.69) is 15.2 Å². The molecule has 0 aliphatic carbocycles. The molecule has 0 N–H and O–H groups in total. The number of aromatic nitrogens is 4. The molecule has 4 aromatic rings. The first-order valence-corrected chi connectivity index (χ1v) is 8.37. The van der Waals surface area contributed by atoms with E-state index in [1.165, 1.54) is 6.07 Å². The van der Waals surface area contributed by atoms with E-state index in [0.717, 1.165) is 5.69 Å². The summed E-state index contributed by atoms with van der Waals surface area (Å²) in [4.78, 5) is 16.6. The molecule has 2 heterocycles. The van der Waals surface area contributed by atoms with Crippen LogP contribution in [0.4, 0.5) is 0 Å². The van der Waals surface area contributed by atoms with E-state index in [1.807, 2.05) is 12.1 Å². The molecule has 0 atom stereocenters. The highest BCUT2D eigenvalue weighted by Gasteiger charge is 2.18. The first-order valence-electron chi connectivity index (χ1n) is 7.99. The van der Waals surface area contributed by atoms with Crippen LogP contribution in [-0.4, -0.2) is 27.0 Å². The molecule has 2 aromatic carbocycles. The van der Waals surface area contributed by atoms with Gasteiger partial charge in [-0.3, -0.25) is 4.79 Å². The number of hydrogen-bond acceptors (Lipinski definition) is 6. The average molecular weight is 381 g/mol. The zero-order valence-electron chi connectivity index (χ0n) is 14.2. The quantitative estimate of drug-likeness (QED) is 0.537. The standard InChI is InChI=1S/C19H13ClN4O3/c1-26-16-5-3-2-4-14(16)18-21-19(27-23-18)17-15(25)10-11-24(22-17)13-8-6-12(20)7-9-13/h2-11H,1H3. The number of para-hydroxylation sites is 1. The van der Waals surface area contributed by atoms with E-state index in [0.29, 0.717) is 22.2 Å². The summed E-state index contributed by atoms with van der Waals surface area (Å²) in [5, 5.41) is 8.89. The molecule has 0 amide bonds. The van der Waals surface area contributed by atoms with Crippen molar-refractivity contribution in [1.82, 2.24) is 19.9 Å². The molecule has 0 saturated carbocycles. The lowest BCUT2D eigenvalue weighted by atomic mass is 10.2. The van der Waals surface area contributed by atoms with Crippen molar-refractivity contribution in [3.05, 3.63) is 76.0 Å². The van der Waals surface area contributed by atoms with Gasteiger partial charge in [-0.1, -0.05) is 28.9 Å². The number of methoxy groups -OCH3 is 1. The van der Waals surface area contributed by atoms with Gasteiger partial charge in [0.15, 0.2) is 5.69 Å². The Morgan fingerprint density at radius 3 is 2.63 bits per heavy atom. The number of ether oxygens (including phenoxy) is 1. The largest absolute Gasteiger partial charge is 0.496 e. The SMILES string of the molecule is COc1ccccc1-c1noc(-c2nn(-c3ccc(Cl)cc3)ccc2=O)n1. The van der Waals surface area contributed by atoms with Crippen LogP contribution in [0.5, 0.6) is 5.75 Å². The van der Waals surface area contributed by atoms with Gasteiger partial charge in [-0.2, -0.15) is 10.1 Å². The summed E-state index contributed by atoms with van der Waals surface area (Å²) >= 11 is 5.91. The predicted molar refractivity (Wildman–Crippen MR) is 100 cm³/mol. The van der Waals surface area contributed by atoms with E-state index in [9.17, 15) is 4.79 Å². The van der Waals surface area contributed by atoms with Crippen LogP contribution < -0.4 is 10.2 Å². The lowest BCUT2D eigenvalue weighted by Gasteiger charge is -2.05. The second-order valence-corrected chi connectivity index (χ2v) is 6.01. The Hall–Kier alpha value is -3.45. The molecule has 0 bridgehead atoms. The molecule has 2 aromatic heterocycles. The topological polar surface area (TPSA) is 83.0 Å².